The Hall–Kier alpha value is -1.58. The first-order valence-corrected chi connectivity index (χ1v) is 6.42. The molecule has 2 nitrogen and oxygen atoms in total. The van der Waals surface area contributed by atoms with E-state index in [9.17, 15) is 4.39 Å². The second kappa shape index (κ2) is 6.04. The van der Waals surface area contributed by atoms with Crippen molar-refractivity contribution in [3.05, 3.63) is 58.9 Å². The number of benzene rings is 2. The van der Waals surface area contributed by atoms with Gasteiger partial charge in [-0.15, -0.1) is 0 Å². The molecule has 4 heteroatoms. The van der Waals surface area contributed by atoms with Crippen LogP contribution in [0.1, 0.15) is 5.56 Å². The van der Waals surface area contributed by atoms with Crippen LogP contribution in [0.15, 0.2) is 42.5 Å². The molecule has 0 aliphatic heterocycles. The Morgan fingerprint density at radius 3 is 2.53 bits per heavy atom. The average Bonchev–Trinajstić information content (AvgIpc) is 2.39. The van der Waals surface area contributed by atoms with Crippen LogP contribution in [0.25, 0.3) is 0 Å². The molecule has 0 bridgehead atoms. The molecule has 0 heterocycles. The number of para-hydroxylation sites is 1. The van der Waals surface area contributed by atoms with E-state index in [0.717, 1.165) is 17.8 Å². The number of rotatable bonds is 4. The van der Waals surface area contributed by atoms with Crippen LogP contribution in [-0.4, -0.2) is 14.1 Å². The smallest absolute Gasteiger partial charge is 0.146 e. The van der Waals surface area contributed by atoms with Gasteiger partial charge in [-0.25, -0.2) is 4.39 Å². The van der Waals surface area contributed by atoms with Crippen molar-refractivity contribution in [1.29, 1.82) is 0 Å². The van der Waals surface area contributed by atoms with Crippen LogP contribution in [0.2, 0.25) is 5.02 Å². The second-order valence-electron chi connectivity index (χ2n) is 4.33. The van der Waals surface area contributed by atoms with Crippen LogP contribution < -0.4 is 10.2 Å². The summed E-state index contributed by atoms with van der Waals surface area (Å²) in [6.07, 6.45) is 0. The molecular formula is C15H16ClFN2. The molecule has 19 heavy (non-hydrogen) atoms. The maximum atomic E-state index is 13.8. The van der Waals surface area contributed by atoms with E-state index in [1.54, 1.807) is 30.1 Å². The van der Waals surface area contributed by atoms with Crippen molar-refractivity contribution in [3.8, 4) is 0 Å². The van der Waals surface area contributed by atoms with Crippen LogP contribution in [0.3, 0.4) is 0 Å². The van der Waals surface area contributed by atoms with E-state index in [1.165, 1.54) is 6.07 Å². The highest BCUT2D eigenvalue weighted by molar-refractivity contribution is 6.33. The quantitative estimate of drug-likeness (QED) is 0.910. The van der Waals surface area contributed by atoms with Crippen LogP contribution in [0, 0.1) is 5.82 Å². The van der Waals surface area contributed by atoms with Crippen molar-refractivity contribution in [2.24, 2.45) is 0 Å². The monoisotopic (exact) mass is 278 g/mol. The van der Waals surface area contributed by atoms with Crippen molar-refractivity contribution in [2.45, 2.75) is 6.54 Å². The second-order valence-corrected chi connectivity index (χ2v) is 4.73. The van der Waals surface area contributed by atoms with Crippen molar-refractivity contribution in [2.75, 3.05) is 19.0 Å². The molecule has 0 amide bonds. The van der Waals surface area contributed by atoms with Gasteiger partial charge in [0, 0.05) is 13.6 Å². The van der Waals surface area contributed by atoms with Gasteiger partial charge in [0.2, 0.25) is 0 Å². The van der Waals surface area contributed by atoms with Gasteiger partial charge in [0.25, 0.3) is 0 Å². The van der Waals surface area contributed by atoms with Crippen molar-refractivity contribution in [3.63, 3.8) is 0 Å². The van der Waals surface area contributed by atoms with Crippen LogP contribution >= 0.6 is 11.6 Å². The van der Waals surface area contributed by atoms with Crippen molar-refractivity contribution < 1.29 is 4.39 Å². The van der Waals surface area contributed by atoms with Gasteiger partial charge in [0.1, 0.15) is 5.82 Å². The lowest BCUT2D eigenvalue weighted by molar-refractivity contribution is 0.627. The summed E-state index contributed by atoms with van der Waals surface area (Å²) in [5, 5.41) is 3.68. The summed E-state index contributed by atoms with van der Waals surface area (Å²) in [6.45, 7) is 0.753. The van der Waals surface area contributed by atoms with Gasteiger partial charge >= 0.3 is 0 Å². The number of nitrogens with one attached hydrogen (secondary N) is 1. The van der Waals surface area contributed by atoms with E-state index in [4.69, 9.17) is 11.6 Å². The molecule has 2 rings (SSSR count). The zero-order valence-electron chi connectivity index (χ0n) is 11.0. The summed E-state index contributed by atoms with van der Waals surface area (Å²) in [5.74, 6) is -0.264. The van der Waals surface area contributed by atoms with Crippen LogP contribution in [-0.2, 0) is 6.54 Å². The Kier molecular flexibility index (Phi) is 4.40. The summed E-state index contributed by atoms with van der Waals surface area (Å²) in [6, 6.07) is 12.4. The Labute approximate surface area is 117 Å². The van der Waals surface area contributed by atoms with E-state index >= 15 is 0 Å². The minimum Gasteiger partial charge on any atom is -0.341 e. The predicted molar refractivity (Wildman–Crippen MR) is 78.7 cm³/mol. The molecule has 0 fully saturated rings. The standard InChI is InChI=1S/C15H16ClFN2/c1-18-10-11-7-8-14(12(16)9-11)19(2)15-6-4-3-5-13(15)17/h3-9,18H,10H2,1-2H3. The lowest BCUT2D eigenvalue weighted by Gasteiger charge is -2.21. The average molecular weight is 279 g/mol. The molecule has 100 valence electrons. The normalized spacial score (nSPS) is 10.5. The van der Waals surface area contributed by atoms with Gasteiger partial charge < -0.3 is 10.2 Å². The lowest BCUT2D eigenvalue weighted by Crippen LogP contribution is -2.12. The summed E-state index contributed by atoms with van der Waals surface area (Å²) in [7, 11) is 3.69. The molecule has 0 aliphatic carbocycles. The first-order valence-electron chi connectivity index (χ1n) is 6.04. The highest BCUT2D eigenvalue weighted by Gasteiger charge is 2.12. The molecule has 0 aliphatic rings. The molecule has 0 saturated carbocycles. The summed E-state index contributed by atoms with van der Waals surface area (Å²) in [4.78, 5) is 1.75. The Bertz CT molecular complexity index is 572. The predicted octanol–water partition coefficient (Wildman–Crippen LogP) is 3.97. The highest BCUT2D eigenvalue weighted by atomic mass is 35.5. The van der Waals surface area contributed by atoms with E-state index < -0.39 is 0 Å². The Balaban J connectivity index is 2.34. The number of nitrogens with zero attached hydrogens (tertiary/aromatic N) is 1. The molecular weight excluding hydrogens is 263 g/mol. The molecule has 0 saturated heterocycles. The van der Waals surface area contributed by atoms with Gasteiger partial charge in [-0.05, 0) is 36.9 Å². The Morgan fingerprint density at radius 1 is 1.16 bits per heavy atom. The van der Waals surface area contributed by atoms with Crippen molar-refractivity contribution in [1.82, 2.24) is 5.32 Å². The van der Waals surface area contributed by atoms with Crippen LogP contribution in [0.5, 0.6) is 0 Å². The van der Waals surface area contributed by atoms with E-state index in [1.807, 2.05) is 25.2 Å². The van der Waals surface area contributed by atoms with E-state index in [0.29, 0.717) is 10.7 Å². The lowest BCUT2D eigenvalue weighted by atomic mass is 10.2. The number of halogens is 2. The number of anilines is 2. The topological polar surface area (TPSA) is 15.3 Å². The SMILES string of the molecule is CNCc1ccc(N(C)c2ccccc2F)c(Cl)c1. The maximum absolute atomic E-state index is 13.8. The third-order valence-corrected chi connectivity index (χ3v) is 3.27. The maximum Gasteiger partial charge on any atom is 0.146 e. The molecule has 0 unspecified atom stereocenters. The van der Waals surface area contributed by atoms with Gasteiger partial charge in [-0.2, -0.15) is 0 Å². The van der Waals surface area contributed by atoms with Gasteiger partial charge in [0.15, 0.2) is 0 Å². The fourth-order valence-corrected chi connectivity index (χ4v) is 2.32. The number of hydrogen-bond donors (Lipinski definition) is 1. The van der Waals surface area contributed by atoms with Gasteiger partial charge in [-0.3, -0.25) is 0 Å². The molecule has 0 spiro atoms. The summed E-state index contributed by atoms with van der Waals surface area (Å²) in [5.41, 5.74) is 2.38. The zero-order valence-corrected chi connectivity index (χ0v) is 11.7. The highest BCUT2D eigenvalue weighted by Crippen LogP contribution is 2.32. The fourth-order valence-electron chi connectivity index (χ4n) is 1.99. The molecule has 0 aromatic heterocycles. The largest absolute Gasteiger partial charge is 0.341 e. The molecule has 1 N–H and O–H groups in total. The van der Waals surface area contributed by atoms with Crippen molar-refractivity contribution >= 4 is 23.0 Å². The third-order valence-electron chi connectivity index (χ3n) is 2.97. The summed E-state index contributed by atoms with van der Waals surface area (Å²) < 4.78 is 13.8. The van der Waals surface area contributed by atoms with Crippen LogP contribution in [0.4, 0.5) is 15.8 Å². The first-order chi connectivity index (χ1) is 9.13. The molecule has 2 aromatic carbocycles. The number of hydrogen-bond acceptors (Lipinski definition) is 2. The minimum absolute atomic E-state index is 0.264. The molecule has 0 atom stereocenters. The third kappa shape index (κ3) is 3.06. The molecule has 0 radical (unpaired) electrons. The zero-order chi connectivity index (χ0) is 13.8. The van der Waals surface area contributed by atoms with E-state index in [2.05, 4.69) is 5.32 Å². The Morgan fingerprint density at radius 2 is 1.89 bits per heavy atom. The summed E-state index contributed by atoms with van der Waals surface area (Å²) >= 11 is 6.27. The van der Waals surface area contributed by atoms with Gasteiger partial charge in [0.05, 0.1) is 16.4 Å². The van der Waals surface area contributed by atoms with E-state index in [-0.39, 0.29) is 5.82 Å². The molecule has 2 aromatic rings. The fraction of sp³-hybridized carbons (Fsp3) is 0.200. The first kappa shape index (κ1) is 13.8. The minimum atomic E-state index is -0.264. The van der Waals surface area contributed by atoms with Gasteiger partial charge in [-0.1, -0.05) is 29.8 Å².